The SMILES string of the molecule is O=C(Nc1cccc(I)c1)N1CCc2ccccc2C1. The van der Waals surface area contributed by atoms with E-state index >= 15 is 0 Å². The van der Waals surface area contributed by atoms with Crippen LogP contribution in [0.2, 0.25) is 0 Å². The Morgan fingerprint density at radius 2 is 1.90 bits per heavy atom. The lowest BCUT2D eigenvalue weighted by molar-refractivity contribution is 0.206. The summed E-state index contributed by atoms with van der Waals surface area (Å²) in [5, 5.41) is 2.97. The minimum atomic E-state index is -0.0264. The van der Waals surface area contributed by atoms with Crippen LogP contribution in [0.15, 0.2) is 48.5 Å². The average molecular weight is 378 g/mol. The van der Waals surface area contributed by atoms with E-state index in [1.54, 1.807) is 0 Å². The minimum Gasteiger partial charge on any atom is -0.320 e. The van der Waals surface area contributed by atoms with Gasteiger partial charge >= 0.3 is 6.03 Å². The second kappa shape index (κ2) is 5.83. The molecule has 0 spiro atoms. The number of amides is 2. The third-order valence-corrected chi connectivity index (χ3v) is 4.16. The number of hydrogen-bond acceptors (Lipinski definition) is 1. The highest BCUT2D eigenvalue weighted by atomic mass is 127. The molecule has 0 bridgehead atoms. The van der Waals surface area contributed by atoms with Crippen molar-refractivity contribution in [3.8, 4) is 0 Å². The fourth-order valence-corrected chi connectivity index (χ4v) is 2.98. The highest BCUT2D eigenvalue weighted by Gasteiger charge is 2.20. The zero-order valence-corrected chi connectivity index (χ0v) is 13.1. The molecule has 0 saturated heterocycles. The van der Waals surface area contributed by atoms with E-state index in [2.05, 4.69) is 46.1 Å². The van der Waals surface area contributed by atoms with Crippen LogP contribution in [0.1, 0.15) is 11.1 Å². The van der Waals surface area contributed by atoms with Gasteiger partial charge in [-0.25, -0.2) is 4.79 Å². The molecule has 4 heteroatoms. The van der Waals surface area contributed by atoms with Gasteiger partial charge in [0.15, 0.2) is 0 Å². The van der Waals surface area contributed by atoms with Gasteiger partial charge in [0.05, 0.1) is 0 Å². The second-order valence-electron chi connectivity index (χ2n) is 4.88. The molecule has 1 aliphatic rings. The number of rotatable bonds is 1. The molecule has 3 nitrogen and oxygen atoms in total. The molecule has 2 aromatic carbocycles. The fraction of sp³-hybridized carbons (Fsp3) is 0.188. The Kier molecular flexibility index (Phi) is 3.91. The van der Waals surface area contributed by atoms with Crippen molar-refractivity contribution in [3.05, 3.63) is 63.2 Å². The first-order valence-electron chi connectivity index (χ1n) is 6.60. The molecule has 0 aliphatic carbocycles. The number of halogens is 1. The molecule has 2 amide bonds. The van der Waals surface area contributed by atoms with Gasteiger partial charge in [-0.2, -0.15) is 0 Å². The lowest BCUT2D eigenvalue weighted by Gasteiger charge is -2.29. The Morgan fingerprint density at radius 3 is 2.70 bits per heavy atom. The Morgan fingerprint density at radius 1 is 1.10 bits per heavy atom. The molecule has 20 heavy (non-hydrogen) atoms. The maximum atomic E-state index is 12.3. The van der Waals surface area contributed by atoms with Crippen LogP contribution < -0.4 is 5.32 Å². The lowest BCUT2D eigenvalue weighted by atomic mass is 10.0. The quantitative estimate of drug-likeness (QED) is 0.751. The van der Waals surface area contributed by atoms with Gasteiger partial charge in [-0.1, -0.05) is 30.3 Å². The first-order chi connectivity index (χ1) is 9.72. The van der Waals surface area contributed by atoms with Gasteiger partial charge in [0.1, 0.15) is 0 Å². The van der Waals surface area contributed by atoms with Crippen LogP contribution in [0.25, 0.3) is 0 Å². The van der Waals surface area contributed by atoms with Gasteiger partial charge in [-0.3, -0.25) is 0 Å². The summed E-state index contributed by atoms with van der Waals surface area (Å²) in [5.74, 6) is 0. The maximum absolute atomic E-state index is 12.3. The van der Waals surface area contributed by atoms with E-state index < -0.39 is 0 Å². The monoisotopic (exact) mass is 378 g/mol. The molecular formula is C16H15IN2O. The van der Waals surface area contributed by atoms with E-state index in [4.69, 9.17) is 0 Å². The molecular weight excluding hydrogens is 363 g/mol. The highest BCUT2D eigenvalue weighted by Crippen LogP contribution is 2.20. The fourth-order valence-electron chi connectivity index (χ4n) is 2.44. The molecule has 1 heterocycles. The maximum Gasteiger partial charge on any atom is 0.322 e. The normalized spacial score (nSPS) is 13.8. The predicted molar refractivity (Wildman–Crippen MR) is 88.7 cm³/mol. The van der Waals surface area contributed by atoms with Crippen molar-refractivity contribution in [2.75, 3.05) is 11.9 Å². The average Bonchev–Trinajstić information content (AvgIpc) is 2.47. The van der Waals surface area contributed by atoms with Crippen molar-refractivity contribution in [1.29, 1.82) is 0 Å². The first-order valence-corrected chi connectivity index (χ1v) is 7.68. The van der Waals surface area contributed by atoms with Crippen molar-refractivity contribution in [2.45, 2.75) is 13.0 Å². The van der Waals surface area contributed by atoms with Crippen LogP contribution in [0.4, 0.5) is 10.5 Å². The third-order valence-electron chi connectivity index (χ3n) is 3.49. The first kappa shape index (κ1) is 13.4. The molecule has 2 aromatic rings. The number of anilines is 1. The van der Waals surface area contributed by atoms with Crippen molar-refractivity contribution in [3.63, 3.8) is 0 Å². The number of nitrogens with one attached hydrogen (secondary N) is 1. The van der Waals surface area contributed by atoms with E-state index in [0.29, 0.717) is 6.54 Å². The number of benzene rings is 2. The third kappa shape index (κ3) is 2.95. The molecule has 0 saturated carbocycles. The second-order valence-corrected chi connectivity index (χ2v) is 6.13. The van der Waals surface area contributed by atoms with Gasteiger partial charge in [-0.05, 0) is 58.3 Å². The Bertz CT molecular complexity index is 642. The standard InChI is InChI=1S/C16H15IN2O/c17-14-6-3-7-15(10-14)18-16(20)19-9-8-12-4-1-2-5-13(12)11-19/h1-7,10H,8-9,11H2,(H,18,20). The van der Waals surface area contributed by atoms with Gasteiger partial charge in [0, 0.05) is 22.3 Å². The van der Waals surface area contributed by atoms with Crippen LogP contribution in [-0.4, -0.2) is 17.5 Å². The number of hydrogen-bond donors (Lipinski definition) is 1. The van der Waals surface area contributed by atoms with E-state index in [1.807, 2.05) is 35.2 Å². The molecule has 0 atom stereocenters. The van der Waals surface area contributed by atoms with Gasteiger partial charge in [0.25, 0.3) is 0 Å². The molecule has 0 radical (unpaired) electrons. The smallest absolute Gasteiger partial charge is 0.320 e. The summed E-state index contributed by atoms with van der Waals surface area (Å²) >= 11 is 2.24. The molecule has 3 rings (SSSR count). The molecule has 1 aliphatic heterocycles. The Labute approximate surface area is 132 Å². The molecule has 0 aromatic heterocycles. The van der Waals surface area contributed by atoms with E-state index in [9.17, 15) is 4.79 Å². The number of nitrogens with zero attached hydrogens (tertiary/aromatic N) is 1. The zero-order valence-electron chi connectivity index (χ0n) is 11.0. The van der Waals surface area contributed by atoms with E-state index in [0.717, 1.165) is 22.2 Å². The summed E-state index contributed by atoms with van der Waals surface area (Å²) in [6, 6.07) is 16.1. The molecule has 1 N–H and O–H groups in total. The number of carbonyl (C=O) groups is 1. The van der Waals surface area contributed by atoms with Gasteiger partial charge in [-0.15, -0.1) is 0 Å². The van der Waals surface area contributed by atoms with Crippen LogP contribution in [0.3, 0.4) is 0 Å². The van der Waals surface area contributed by atoms with Crippen LogP contribution in [0.5, 0.6) is 0 Å². The van der Waals surface area contributed by atoms with Crippen molar-refractivity contribution in [1.82, 2.24) is 4.90 Å². The highest BCUT2D eigenvalue weighted by molar-refractivity contribution is 14.1. The predicted octanol–water partition coefficient (Wildman–Crippen LogP) is 3.88. The van der Waals surface area contributed by atoms with E-state index in [-0.39, 0.29) is 6.03 Å². The van der Waals surface area contributed by atoms with E-state index in [1.165, 1.54) is 11.1 Å². The molecule has 0 fully saturated rings. The van der Waals surface area contributed by atoms with Gasteiger partial charge in [0.2, 0.25) is 0 Å². The van der Waals surface area contributed by atoms with Gasteiger partial charge < -0.3 is 10.2 Å². The summed E-state index contributed by atoms with van der Waals surface area (Å²) in [7, 11) is 0. The summed E-state index contributed by atoms with van der Waals surface area (Å²) in [6.07, 6.45) is 0.927. The molecule has 0 unspecified atom stereocenters. The summed E-state index contributed by atoms with van der Waals surface area (Å²) in [4.78, 5) is 14.2. The van der Waals surface area contributed by atoms with Crippen LogP contribution in [0, 0.1) is 3.57 Å². The zero-order chi connectivity index (χ0) is 13.9. The van der Waals surface area contributed by atoms with Crippen molar-refractivity contribution < 1.29 is 4.79 Å². The van der Waals surface area contributed by atoms with Crippen molar-refractivity contribution >= 4 is 34.3 Å². The Balaban J connectivity index is 1.70. The summed E-state index contributed by atoms with van der Waals surface area (Å²) in [5.41, 5.74) is 3.45. The Hall–Kier alpha value is -1.56. The van der Waals surface area contributed by atoms with Crippen molar-refractivity contribution in [2.24, 2.45) is 0 Å². The summed E-state index contributed by atoms with van der Waals surface area (Å²) < 4.78 is 1.12. The lowest BCUT2D eigenvalue weighted by Crippen LogP contribution is -2.38. The number of urea groups is 1. The molecule has 102 valence electrons. The number of fused-ring (bicyclic) bond motifs is 1. The number of carbonyl (C=O) groups excluding carboxylic acids is 1. The van der Waals surface area contributed by atoms with Crippen LogP contribution in [-0.2, 0) is 13.0 Å². The largest absolute Gasteiger partial charge is 0.322 e. The minimum absolute atomic E-state index is 0.0264. The van der Waals surface area contributed by atoms with Crippen LogP contribution >= 0.6 is 22.6 Å². The summed E-state index contributed by atoms with van der Waals surface area (Å²) in [6.45, 7) is 1.46. The topological polar surface area (TPSA) is 32.3 Å².